The molecule has 1 aliphatic rings. The Balaban J connectivity index is 1.69. The van der Waals surface area contributed by atoms with Gasteiger partial charge >= 0.3 is 5.97 Å². The summed E-state index contributed by atoms with van der Waals surface area (Å²) in [5, 5.41) is 0.383. The van der Waals surface area contributed by atoms with Crippen LogP contribution in [0.4, 0.5) is 0 Å². The number of hydrogen-bond donors (Lipinski definition) is 0. The molecule has 0 radical (unpaired) electrons. The van der Waals surface area contributed by atoms with Crippen molar-refractivity contribution in [1.29, 1.82) is 0 Å². The van der Waals surface area contributed by atoms with Crippen LogP contribution in [0, 0.1) is 0 Å². The van der Waals surface area contributed by atoms with Gasteiger partial charge in [0, 0.05) is 6.26 Å². The van der Waals surface area contributed by atoms with Gasteiger partial charge < -0.3 is 14.2 Å². The van der Waals surface area contributed by atoms with Crippen molar-refractivity contribution in [3.05, 3.63) is 52.5 Å². The van der Waals surface area contributed by atoms with Gasteiger partial charge in [0.05, 0.1) is 15.5 Å². The molecule has 2 aromatic rings. The normalized spacial score (nSPS) is 12.9. The Morgan fingerprint density at radius 3 is 2.58 bits per heavy atom. The van der Waals surface area contributed by atoms with E-state index < -0.39 is 15.8 Å². The van der Waals surface area contributed by atoms with Gasteiger partial charge in [-0.2, -0.15) is 0 Å². The van der Waals surface area contributed by atoms with Crippen molar-refractivity contribution >= 4 is 27.4 Å². The van der Waals surface area contributed by atoms with Crippen molar-refractivity contribution < 1.29 is 27.4 Å². The van der Waals surface area contributed by atoms with E-state index in [1.54, 1.807) is 12.1 Å². The molecule has 1 heterocycles. The lowest BCUT2D eigenvalue weighted by Gasteiger charge is -2.07. The highest BCUT2D eigenvalue weighted by Gasteiger charge is 2.19. The van der Waals surface area contributed by atoms with Crippen LogP contribution in [0.2, 0.25) is 5.02 Å². The van der Waals surface area contributed by atoms with Gasteiger partial charge in [-0.15, -0.1) is 0 Å². The summed E-state index contributed by atoms with van der Waals surface area (Å²) in [6, 6.07) is 8.87. The predicted molar refractivity (Wildman–Crippen MR) is 86.2 cm³/mol. The molecule has 6 nitrogen and oxygen atoms in total. The van der Waals surface area contributed by atoms with Gasteiger partial charge in [-0.3, -0.25) is 0 Å². The van der Waals surface area contributed by atoms with Crippen molar-refractivity contribution in [2.75, 3.05) is 13.0 Å². The van der Waals surface area contributed by atoms with E-state index in [0.29, 0.717) is 22.1 Å². The fraction of sp³-hybridized carbons (Fsp3) is 0.188. The molecule has 0 aliphatic carbocycles. The molecule has 126 valence electrons. The lowest BCUT2D eigenvalue weighted by molar-refractivity contribution is 0.0472. The fourth-order valence-corrected chi connectivity index (χ4v) is 3.09. The standard InChI is InChI=1S/C16H13ClO6S/c1-24(19,20)12-4-2-11(3-5-12)16(18)21-8-10-6-13(17)15-14(7-10)22-9-23-15/h2-7H,8-9H2,1H3. The first-order valence-corrected chi connectivity index (χ1v) is 9.17. The number of rotatable bonds is 4. The topological polar surface area (TPSA) is 78.9 Å². The first kappa shape index (κ1) is 16.6. The zero-order valence-corrected chi connectivity index (χ0v) is 14.2. The summed E-state index contributed by atoms with van der Waals surface area (Å²) in [7, 11) is -3.30. The minimum Gasteiger partial charge on any atom is -0.457 e. The molecule has 0 N–H and O–H groups in total. The number of ether oxygens (including phenoxy) is 3. The highest BCUT2D eigenvalue weighted by molar-refractivity contribution is 7.90. The molecule has 0 bridgehead atoms. The predicted octanol–water partition coefficient (Wildman–Crippen LogP) is 2.83. The SMILES string of the molecule is CS(=O)(=O)c1ccc(C(=O)OCc2cc(Cl)c3c(c2)OCO3)cc1. The summed E-state index contributed by atoms with van der Waals surface area (Å²) in [6.07, 6.45) is 1.10. The Morgan fingerprint density at radius 2 is 1.92 bits per heavy atom. The summed E-state index contributed by atoms with van der Waals surface area (Å²) in [5.41, 5.74) is 0.916. The van der Waals surface area contributed by atoms with E-state index in [2.05, 4.69) is 0 Å². The molecular weight excluding hydrogens is 356 g/mol. The minimum atomic E-state index is -3.30. The quantitative estimate of drug-likeness (QED) is 0.772. The van der Waals surface area contributed by atoms with Crippen LogP contribution >= 0.6 is 11.6 Å². The van der Waals surface area contributed by atoms with Crippen LogP contribution in [0.25, 0.3) is 0 Å². The molecule has 0 spiro atoms. The molecule has 1 aliphatic heterocycles. The Morgan fingerprint density at radius 1 is 1.21 bits per heavy atom. The zero-order valence-electron chi connectivity index (χ0n) is 12.6. The summed E-state index contributed by atoms with van der Waals surface area (Å²) in [6.45, 7) is 0.105. The molecule has 0 unspecified atom stereocenters. The summed E-state index contributed by atoms with van der Waals surface area (Å²) >= 11 is 6.06. The number of esters is 1. The number of carbonyl (C=O) groups excluding carboxylic acids is 1. The molecule has 0 aromatic heterocycles. The van der Waals surface area contributed by atoms with Crippen molar-refractivity contribution in [1.82, 2.24) is 0 Å². The first-order chi connectivity index (χ1) is 11.3. The molecule has 0 fully saturated rings. The monoisotopic (exact) mass is 368 g/mol. The maximum Gasteiger partial charge on any atom is 0.338 e. The van der Waals surface area contributed by atoms with E-state index in [9.17, 15) is 13.2 Å². The van der Waals surface area contributed by atoms with E-state index in [0.717, 1.165) is 6.26 Å². The Labute approximate surface area is 143 Å². The summed E-state index contributed by atoms with van der Waals surface area (Å²) < 4.78 is 38.5. The van der Waals surface area contributed by atoms with Crippen molar-refractivity contribution in [3.63, 3.8) is 0 Å². The second-order valence-corrected chi connectivity index (χ2v) is 7.61. The zero-order chi connectivity index (χ0) is 17.3. The van der Waals surface area contributed by atoms with Crippen LogP contribution in [0.3, 0.4) is 0 Å². The van der Waals surface area contributed by atoms with Gasteiger partial charge in [0.1, 0.15) is 6.61 Å². The lowest BCUT2D eigenvalue weighted by Crippen LogP contribution is -2.06. The van der Waals surface area contributed by atoms with Gasteiger partial charge in [-0.25, -0.2) is 13.2 Å². The van der Waals surface area contributed by atoms with Crippen molar-refractivity contribution in [2.24, 2.45) is 0 Å². The largest absolute Gasteiger partial charge is 0.457 e. The summed E-state index contributed by atoms with van der Waals surface area (Å²) in [4.78, 5) is 12.2. The number of benzene rings is 2. The highest BCUT2D eigenvalue weighted by Crippen LogP contribution is 2.39. The fourth-order valence-electron chi connectivity index (χ4n) is 2.17. The highest BCUT2D eigenvalue weighted by atomic mass is 35.5. The first-order valence-electron chi connectivity index (χ1n) is 6.90. The van der Waals surface area contributed by atoms with E-state index in [1.807, 2.05) is 0 Å². The Kier molecular flexibility index (Phi) is 4.38. The average molecular weight is 369 g/mol. The van der Waals surface area contributed by atoms with Crippen LogP contribution in [0.5, 0.6) is 11.5 Å². The second kappa shape index (κ2) is 6.33. The van der Waals surface area contributed by atoms with Crippen LogP contribution in [0.15, 0.2) is 41.3 Å². The molecule has 0 atom stereocenters. The van der Waals surface area contributed by atoms with Crippen molar-refractivity contribution in [2.45, 2.75) is 11.5 Å². The number of halogens is 1. The van der Waals surface area contributed by atoms with E-state index in [-0.39, 0.29) is 23.9 Å². The second-order valence-electron chi connectivity index (χ2n) is 5.18. The molecule has 24 heavy (non-hydrogen) atoms. The van der Waals surface area contributed by atoms with Crippen LogP contribution in [-0.2, 0) is 21.2 Å². The van der Waals surface area contributed by atoms with E-state index in [1.165, 1.54) is 24.3 Å². The molecule has 0 amide bonds. The maximum absolute atomic E-state index is 12.0. The Bertz CT molecular complexity index is 890. The number of fused-ring (bicyclic) bond motifs is 1. The van der Waals surface area contributed by atoms with Crippen LogP contribution in [0.1, 0.15) is 15.9 Å². The Hall–Kier alpha value is -2.25. The number of sulfone groups is 1. The van der Waals surface area contributed by atoms with Gasteiger partial charge in [0.15, 0.2) is 21.3 Å². The third-order valence-corrected chi connectivity index (χ3v) is 4.78. The molecule has 0 saturated heterocycles. The smallest absolute Gasteiger partial charge is 0.338 e. The van der Waals surface area contributed by atoms with E-state index >= 15 is 0 Å². The lowest BCUT2D eigenvalue weighted by atomic mass is 10.2. The molecule has 0 saturated carbocycles. The van der Waals surface area contributed by atoms with Crippen LogP contribution < -0.4 is 9.47 Å². The molecule has 2 aromatic carbocycles. The van der Waals surface area contributed by atoms with E-state index in [4.69, 9.17) is 25.8 Å². The van der Waals surface area contributed by atoms with Gasteiger partial charge in [0.25, 0.3) is 0 Å². The average Bonchev–Trinajstić information content (AvgIpc) is 3.01. The van der Waals surface area contributed by atoms with Gasteiger partial charge in [-0.1, -0.05) is 11.6 Å². The molecular formula is C16H13ClO6S. The molecule has 3 rings (SSSR count). The number of carbonyl (C=O) groups is 1. The third-order valence-electron chi connectivity index (χ3n) is 3.38. The van der Waals surface area contributed by atoms with Gasteiger partial charge in [-0.05, 0) is 42.0 Å². The van der Waals surface area contributed by atoms with Crippen molar-refractivity contribution in [3.8, 4) is 11.5 Å². The minimum absolute atomic E-state index is 0.00300. The third kappa shape index (κ3) is 3.47. The maximum atomic E-state index is 12.0. The summed E-state index contributed by atoms with van der Waals surface area (Å²) in [5.74, 6) is 0.415. The number of hydrogen-bond acceptors (Lipinski definition) is 6. The van der Waals surface area contributed by atoms with Gasteiger partial charge in [0.2, 0.25) is 6.79 Å². The van der Waals surface area contributed by atoms with Crippen LogP contribution in [-0.4, -0.2) is 27.4 Å². The molecule has 8 heteroatoms.